The minimum atomic E-state index is -0.650. The molecule has 1 spiro atoms. The van der Waals surface area contributed by atoms with Crippen molar-refractivity contribution in [2.24, 2.45) is 11.3 Å². The van der Waals surface area contributed by atoms with E-state index in [4.69, 9.17) is 16.7 Å². The van der Waals surface area contributed by atoms with Crippen LogP contribution in [-0.2, 0) is 4.79 Å². The highest BCUT2D eigenvalue weighted by atomic mass is 35.5. The Kier molecular flexibility index (Phi) is 2.40. The van der Waals surface area contributed by atoms with Gasteiger partial charge in [0.1, 0.15) is 11.3 Å². The van der Waals surface area contributed by atoms with Gasteiger partial charge in [0.25, 0.3) is 0 Å². The van der Waals surface area contributed by atoms with Crippen LogP contribution in [0.4, 0.5) is 0 Å². The van der Waals surface area contributed by atoms with Crippen molar-refractivity contribution in [2.75, 3.05) is 0 Å². The van der Waals surface area contributed by atoms with E-state index < -0.39 is 5.97 Å². The quantitative estimate of drug-likeness (QED) is 0.924. The summed E-state index contributed by atoms with van der Waals surface area (Å²) >= 11 is 6.05. The molecule has 20 heavy (non-hydrogen) atoms. The van der Waals surface area contributed by atoms with Crippen LogP contribution in [0.15, 0.2) is 18.6 Å². The molecule has 2 heterocycles. The topological polar surface area (TPSA) is 67.5 Å². The van der Waals surface area contributed by atoms with Gasteiger partial charge in [-0.25, -0.2) is 9.97 Å². The Morgan fingerprint density at radius 2 is 2.10 bits per heavy atom. The van der Waals surface area contributed by atoms with Crippen LogP contribution >= 0.6 is 11.6 Å². The molecule has 5 nitrogen and oxygen atoms in total. The van der Waals surface area contributed by atoms with Crippen LogP contribution in [0.5, 0.6) is 0 Å². The fourth-order valence-corrected chi connectivity index (χ4v) is 4.08. The van der Waals surface area contributed by atoms with Crippen molar-refractivity contribution in [3.63, 3.8) is 0 Å². The van der Waals surface area contributed by atoms with E-state index in [0.29, 0.717) is 11.1 Å². The average molecular weight is 292 g/mol. The third kappa shape index (κ3) is 1.59. The van der Waals surface area contributed by atoms with Crippen LogP contribution < -0.4 is 0 Å². The Morgan fingerprint density at radius 3 is 2.80 bits per heavy atom. The van der Waals surface area contributed by atoms with Gasteiger partial charge in [0.15, 0.2) is 5.15 Å². The van der Waals surface area contributed by atoms with E-state index in [-0.39, 0.29) is 11.3 Å². The summed E-state index contributed by atoms with van der Waals surface area (Å²) in [6.07, 6.45) is 9.05. The number of hydrogen-bond acceptors (Lipinski definition) is 3. The molecule has 0 amide bonds. The van der Waals surface area contributed by atoms with E-state index in [0.717, 1.165) is 37.0 Å². The summed E-state index contributed by atoms with van der Waals surface area (Å²) in [7, 11) is 0. The van der Waals surface area contributed by atoms with Crippen molar-refractivity contribution in [3.8, 4) is 0 Å². The van der Waals surface area contributed by atoms with Crippen LogP contribution in [0.3, 0.4) is 0 Å². The average Bonchev–Trinajstić information content (AvgIpc) is 2.70. The molecule has 0 aliphatic heterocycles. The molecule has 1 N–H and O–H groups in total. The number of aliphatic carboxylic acids is 1. The predicted octanol–water partition coefficient (Wildman–Crippen LogP) is 2.74. The van der Waals surface area contributed by atoms with E-state index in [1.165, 1.54) is 0 Å². The lowest BCUT2D eigenvalue weighted by atomic mass is 9.48. The van der Waals surface area contributed by atoms with Crippen LogP contribution in [0, 0.1) is 11.3 Å². The van der Waals surface area contributed by atoms with E-state index >= 15 is 0 Å². The number of carboxylic acid groups (broad SMARTS) is 1. The van der Waals surface area contributed by atoms with Crippen molar-refractivity contribution in [1.29, 1.82) is 0 Å². The first-order chi connectivity index (χ1) is 9.58. The van der Waals surface area contributed by atoms with Gasteiger partial charge in [0.05, 0.1) is 12.1 Å². The van der Waals surface area contributed by atoms with Gasteiger partial charge in [-0.1, -0.05) is 11.6 Å². The van der Waals surface area contributed by atoms with Crippen LogP contribution in [-0.4, -0.2) is 25.4 Å². The zero-order valence-electron chi connectivity index (χ0n) is 10.8. The van der Waals surface area contributed by atoms with Crippen molar-refractivity contribution < 1.29 is 9.90 Å². The van der Waals surface area contributed by atoms with Crippen molar-refractivity contribution >= 4 is 23.1 Å². The molecule has 0 radical (unpaired) electrons. The van der Waals surface area contributed by atoms with E-state index in [1.54, 1.807) is 12.4 Å². The molecule has 4 rings (SSSR count). The summed E-state index contributed by atoms with van der Waals surface area (Å²) < 4.78 is 2.00. The highest BCUT2D eigenvalue weighted by Gasteiger charge is 2.55. The molecule has 0 unspecified atom stereocenters. The van der Waals surface area contributed by atoms with Crippen molar-refractivity contribution in [3.05, 3.63) is 29.6 Å². The van der Waals surface area contributed by atoms with Gasteiger partial charge >= 0.3 is 5.97 Å². The van der Waals surface area contributed by atoms with Crippen LogP contribution in [0.25, 0.3) is 5.52 Å². The standard InChI is InChI=1S/C14H14ClN3O2/c15-11-10-7-17-12(18(10)2-1-16-11)8-3-14(4-8)5-9(6-14)13(19)20/h1-2,7-9H,3-6H2,(H,19,20). The summed E-state index contributed by atoms with van der Waals surface area (Å²) in [5, 5.41) is 9.44. The number of hydrogen-bond donors (Lipinski definition) is 1. The predicted molar refractivity (Wildman–Crippen MR) is 72.8 cm³/mol. The van der Waals surface area contributed by atoms with Gasteiger partial charge in [-0.15, -0.1) is 0 Å². The van der Waals surface area contributed by atoms with Crippen LogP contribution in [0.1, 0.15) is 37.4 Å². The SMILES string of the molecule is O=C(O)C1CC2(C1)CC(c1ncc3c(Cl)nccn13)C2. The maximum absolute atomic E-state index is 10.9. The number of fused-ring (bicyclic) bond motifs is 1. The second-order valence-electron chi connectivity index (χ2n) is 6.14. The molecule has 2 aromatic rings. The minimum absolute atomic E-state index is 0.133. The van der Waals surface area contributed by atoms with Crippen molar-refractivity contribution in [2.45, 2.75) is 31.6 Å². The fraction of sp³-hybridized carbons (Fsp3) is 0.500. The number of nitrogens with zero attached hydrogens (tertiary/aromatic N) is 3. The molecule has 0 aromatic carbocycles. The first-order valence-corrected chi connectivity index (χ1v) is 7.16. The molecule has 104 valence electrons. The normalized spacial score (nSPS) is 32.0. The molecule has 6 heteroatoms. The molecular weight excluding hydrogens is 278 g/mol. The lowest BCUT2D eigenvalue weighted by Gasteiger charge is -2.56. The maximum atomic E-state index is 10.9. The van der Waals surface area contributed by atoms with Crippen LogP contribution in [0.2, 0.25) is 5.15 Å². The lowest BCUT2D eigenvalue weighted by Crippen LogP contribution is -2.49. The number of rotatable bonds is 2. The second-order valence-corrected chi connectivity index (χ2v) is 6.50. The molecule has 2 aromatic heterocycles. The summed E-state index contributed by atoms with van der Waals surface area (Å²) in [6, 6.07) is 0. The molecule has 2 aliphatic rings. The molecule has 2 aliphatic carbocycles. The number of aromatic nitrogens is 3. The number of halogens is 1. The van der Waals surface area contributed by atoms with Gasteiger partial charge < -0.3 is 5.11 Å². The Hall–Kier alpha value is -1.62. The monoisotopic (exact) mass is 291 g/mol. The smallest absolute Gasteiger partial charge is 0.306 e. The summed E-state index contributed by atoms with van der Waals surface area (Å²) in [5.74, 6) is 0.647. The fourth-order valence-electron chi connectivity index (χ4n) is 3.88. The summed E-state index contributed by atoms with van der Waals surface area (Å²) in [5.41, 5.74) is 1.10. The Bertz CT molecular complexity index is 698. The molecule has 0 bridgehead atoms. The summed E-state index contributed by atoms with van der Waals surface area (Å²) in [4.78, 5) is 19.4. The van der Waals surface area contributed by atoms with Gasteiger partial charge in [-0.3, -0.25) is 9.20 Å². The molecule has 2 fully saturated rings. The lowest BCUT2D eigenvalue weighted by molar-refractivity contribution is -0.155. The Balaban J connectivity index is 1.53. The first kappa shape index (κ1) is 12.1. The number of carboxylic acids is 1. The highest BCUT2D eigenvalue weighted by Crippen LogP contribution is 2.63. The van der Waals surface area contributed by atoms with Gasteiger partial charge in [0.2, 0.25) is 0 Å². The third-order valence-corrected chi connectivity index (χ3v) is 5.16. The van der Waals surface area contributed by atoms with E-state index in [1.807, 2.05) is 10.6 Å². The zero-order chi connectivity index (χ0) is 13.9. The first-order valence-electron chi connectivity index (χ1n) is 6.78. The second kappa shape index (κ2) is 3.95. The van der Waals surface area contributed by atoms with E-state index in [2.05, 4.69) is 9.97 Å². The number of carbonyl (C=O) groups is 1. The summed E-state index contributed by atoms with van der Waals surface area (Å²) in [6.45, 7) is 0. The van der Waals surface area contributed by atoms with E-state index in [9.17, 15) is 4.79 Å². The Labute approximate surface area is 120 Å². The number of imidazole rings is 1. The largest absolute Gasteiger partial charge is 0.481 e. The maximum Gasteiger partial charge on any atom is 0.306 e. The highest BCUT2D eigenvalue weighted by molar-refractivity contribution is 6.32. The van der Waals surface area contributed by atoms with Crippen molar-refractivity contribution in [1.82, 2.24) is 14.4 Å². The molecule has 0 saturated heterocycles. The molecule has 0 atom stereocenters. The third-order valence-electron chi connectivity index (χ3n) is 4.87. The Morgan fingerprint density at radius 1 is 1.35 bits per heavy atom. The zero-order valence-corrected chi connectivity index (χ0v) is 11.5. The van der Waals surface area contributed by atoms with Gasteiger partial charge in [-0.05, 0) is 31.1 Å². The van der Waals surface area contributed by atoms with Gasteiger partial charge in [0, 0.05) is 18.3 Å². The minimum Gasteiger partial charge on any atom is -0.481 e. The van der Waals surface area contributed by atoms with Gasteiger partial charge in [-0.2, -0.15) is 0 Å². The molecular formula is C14H14ClN3O2. The molecule has 2 saturated carbocycles.